The van der Waals surface area contributed by atoms with Crippen molar-refractivity contribution in [2.45, 2.75) is 0 Å². The third kappa shape index (κ3) is 6.42. The van der Waals surface area contributed by atoms with E-state index in [-0.39, 0.29) is 5.75 Å². The van der Waals surface area contributed by atoms with Crippen LogP contribution in [0.2, 0.25) is 0 Å². The first kappa shape index (κ1) is 36.0. The molecule has 0 aliphatic heterocycles. The van der Waals surface area contributed by atoms with Crippen molar-refractivity contribution in [2.75, 3.05) is 0 Å². The second-order valence-electron chi connectivity index (χ2n) is 14.9. The highest BCUT2D eigenvalue weighted by molar-refractivity contribution is 7.19. The average Bonchev–Trinajstić information content (AvgIpc) is 3.63. The summed E-state index contributed by atoms with van der Waals surface area (Å²) in [6, 6.07) is 78.2. The predicted molar refractivity (Wildman–Crippen MR) is 249 cm³/mol. The molecule has 1 aromatic heterocycles. The highest BCUT2D eigenvalue weighted by Gasteiger charge is 2.41. The number of para-hydroxylation sites is 2. The molecular formula is C54H38BNO2Si. The van der Waals surface area contributed by atoms with Gasteiger partial charge < -0.3 is 14.4 Å². The zero-order valence-electron chi connectivity index (χ0n) is 32.2. The van der Waals surface area contributed by atoms with Crippen LogP contribution >= 0.6 is 0 Å². The molecule has 9 aromatic carbocycles. The Hall–Kier alpha value is -7.34. The lowest BCUT2D eigenvalue weighted by Gasteiger charge is -2.34. The number of hydrogen-bond donors (Lipinski definition) is 1. The van der Waals surface area contributed by atoms with Gasteiger partial charge in [-0.3, -0.25) is 0 Å². The van der Waals surface area contributed by atoms with E-state index in [0.717, 1.165) is 33.4 Å². The Labute approximate surface area is 346 Å². The molecule has 2 radical (unpaired) electrons. The second-order valence-corrected chi connectivity index (χ2v) is 18.7. The maximum atomic E-state index is 11.3. The average molecular weight is 772 g/mol. The first-order chi connectivity index (χ1) is 29.1. The molecule has 10 aromatic rings. The van der Waals surface area contributed by atoms with E-state index in [2.05, 4.69) is 174 Å². The van der Waals surface area contributed by atoms with Crippen LogP contribution in [0.15, 0.2) is 224 Å². The Bertz CT molecular complexity index is 2960. The van der Waals surface area contributed by atoms with E-state index in [1.54, 1.807) is 6.07 Å². The molecule has 1 heterocycles. The largest absolute Gasteiger partial charge is 0.507 e. The van der Waals surface area contributed by atoms with Crippen molar-refractivity contribution in [1.29, 1.82) is 0 Å². The number of phenolic OH excluding ortho intramolecular Hbond substituents is 1. The van der Waals surface area contributed by atoms with Crippen LogP contribution in [0.4, 0.5) is 0 Å². The minimum Gasteiger partial charge on any atom is -0.507 e. The zero-order valence-corrected chi connectivity index (χ0v) is 33.2. The number of rotatable bonds is 9. The van der Waals surface area contributed by atoms with E-state index in [0.29, 0.717) is 22.5 Å². The van der Waals surface area contributed by atoms with Gasteiger partial charge in [0, 0.05) is 22.0 Å². The highest BCUT2D eigenvalue weighted by atomic mass is 28.3. The third-order valence-corrected chi connectivity index (χ3v) is 16.2. The topological polar surface area (TPSA) is 34.4 Å². The summed E-state index contributed by atoms with van der Waals surface area (Å²) in [7, 11) is 3.98. The number of aromatic hydroxyl groups is 1. The lowest BCUT2D eigenvalue weighted by molar-refractivity contribution is 0.477. The Morgan fingerprint density at radius 3 is 1.56 bits per heavy atom. The van der Waals surface area contributed by atoms with E-state index in [4.69, 9.17) is 12.6 Å². The minimum atomic E-state index is -2.72. The van der Waals surface area contributed by atoms with Gasteiger partial charge >= 0.3 is 0 Å². The Balaban J connectivity index is 1.00. The molecule has 0 fully saturated rings. The summed E-state index contributed by atoms with van der Waals surface area (Å²) in [5, 5.41) is 18.9. The number of hydrogen-bond acceptors (Lipinski definition) is 2. The first-order valence-electron chi connectivity index (χ1n) is 19.8. The lowest BCUT2D eigenvalue weighted by Crippen LogP contribution is -2.74. The normalized spacial score (nSPS) is 11.5. The summed E-state index contributed by atoms with van der Waals surface area (Å²) in [5.74, 6) is 1.37. The molecule has 0 bridgehead atoms. The van der Waals surface area contributed by atoms with Crippen LogP contribution in [-0.4, -0.2) is 25.6 Å². The van der Waals surface area contributed by atoms with Crippen molar-refractivity contribution in [3.63, 3.8) is 0 Å². The van der Waals surface area contributed by atoms with Crippen LogP contribution in [0.25, 0.3) is 49.7 Å². The molecule has 0 aliphatic carbocycles. The van der Waals surface area contributed by atoms with E-state index in [9.17, 15) is 5.11 Å². The van der Waals surface area contributed by atoms with Crippen molar-refractivity contribution in [3.05, 3.63) is 224 Å². The Kier molecular flexibility index (Phi) is 9.28. The quantitative estimate of drug-likeness (QED) is 0.117. The van der Waals surface area contributed by atoms with E-state index in [1.165, 1.54) is 31.5 Å². The maximum absolute atomic E-state index is 11.3. The molecule has 0 atom stereocenters. The van der Waals surface area contributed by atoms with Crippen LogP contribution in [0, 0.1) is 0 Å². The van der Waals surface area contributed by atoms with Gasteiger partial charge in [0.1, 0.15) is 25.1 Å². The molecular weight excluding hydrogens is 733 g/mol. The van der Waals surface area contributed by atoms with E-state index < -0.39 is 8.07 Å². The predicted octanol–water partition coefficient (Wildman–Crippen LogP) is 9.79. The minimum absolute atomic E-state index is 0.193. The maximum Gasteiger partial charge on any atom is 0.179 e. The number of phenols is 1. The number of nitrogens with zero attached hydrogens (tertiary/aromatic N) is 1. The van der Waals surface area contributed by atoms with Crippen LogP contribution in [0.5, 0.6) is 17.2 Å². The van der Waals surface area contributed by atoms with E-state index >= 15 is 0 Å². The van der Waals surface area contributed by atoms with Gasteiger partial charge in [0.15, 0.2) is 8.07 Å². The van der Waals surface area contributed by atoms with Crippen LogP contribution < -0.4 is 30.9 Å². The monoisotopic (exact) mass is 771 g/mol. The van der Waals surface area contributed by atoms with Crippen molar-refractivity contribution >= 4 is 63.9 Å². The Morgan fingerprint density at radius 1 is 0.424 bits per heavy atom. The van der Waals surface area contributed by atoms with Crippen LogP contribution in [0.1, 0.15) is 0 Å². The molecule has 3 nitrogen and oxygen atoms in total. The molecule has 5 heteroatoms. The zero-order chi connectivity index (χ0) is 39.8. The summed E-state index contributed by atoms with van der Waals surface area (Å²) in [6.07, 6.45) is 0. The molecule has 0 unspecified atom stereocenters. The number of fused-ring (bicyclic) bond motifs is 3. The molecule has 59 heavy (non-hydrogen) atoms. The molecule has 278 valence electrons. The van der Waals surface area contributed by atoms with Crippen molar-refractivity contribution in [1.82, 2.24) is 4.57 Å². The van der Waals surface area contributed by atoms with Crippen molar-refractivity contribution in [3.8, 4) is 45.2 Å². The van der Waals surface area contributed by atoms with E-state index in [1.807, 2.05) is 48.5 Å². The smallest absolute Gasteiger partial charge is 0.179 e. The van der Waals surface area contributed by atoms with Gasteiger partial charge in [0.2, 0.25) is 0 Å². The van der Waals surface area contributed by atoms with Gasteiger partial charge in [-0.25, -0.2) is 0 Å². The molecule has 0 aliphatic rings. The lowest BCUT2D eigenvalue weighted by atomic mass is 9.94. The SMILES string of the molecule is [B]c1cc(-n2c3ccccc3c3ccccc32)ccc1Oc1cccc(-c2cc(-c3cccc([Si](c4ccccc4)(c4ccccc4)c4ccccc4)c3)ccc2O)c1. The number of benzene rings is 9. The van der Waals surface area contributed by atoms with Crippen LogP contribution in [-0.2, 0) is 0 Å². The molecule has 0 spiro atoms. The summed E-state index contributed by atoms with van der Waals surface area (Å²) >= 11 is 0. The van der Waals surface area contributed by atoms with Gasteiger partial charge in [0.05, 0.1) is 11.0 Å². The standard InChI is InChI=1S/C54H38BNO2Si/c55-50-37-41(56-51-28-12-10-26-47(51)48-27-11-13-29-52(48)56)31-33-54(50)58-42-18-14-17-40(34-42)49-36-39(30-32-53(49)57)38-16-15-25-46(35-38)59(43-19-4-1-5-20-43,44-21-6-2-7-22-44)45-23-8-3-9-24-45/h1-37,57H. The fraction of sp³-hybridized carbons (Fsp3) is 0. The Morgan fingerprint density at radius 2 is 0.949 bits per heavy atom. The van der Waals surface area contributed by atoms with Gasteiger partial charge in [0.25, 0.3) is 0 Å². The first-order valence-corrected chi connectivity index (χ1v) is 21.8. The molecule has 10 rings (SSSR count). The number of ether oxygens (including phenoxy) is 1. The molecule has 1 N–H and O–H groups in total. The summed E-state index contributed by atoms with van der Waals surface area (Å²) < 4.78 is 8.68. The molecule has 0 saturated heterocycles. The van der Waals surface area contributed by atoms with Gasteiger partial charge in [-0.2, -0.15) is 0 Å². The molecule has 0 amide bonds. The van der Waals surface area contributed by atoms with Crippen LogP contribution in [0.3, 0.4) is 0 Å². The van der Waals surface area contributed by atoms with Gasteiger partial charge in [-0.05, 0) is 92.0 Å². The fourth-order valence-electron chi connectivity index (χ4n) is 8.77. The number of aromatic nitrogens is 1. The van der Waals surface area contributed by atoms with Gasteiger partial charge in [-0.15, -0.1) is 0 Å². The summed E-state index contributed by atoms with van der Waals surface area (Å²) in [5.41, 5.74) is 7.36. The highest BCUT2D eigenvalue weighted by Crippen LogP contribution is 2.37. The van der Waals surface area contributed by atoms with Crippen molar-refractivity contribution in [2.24, 2.45) is 0 Å². The summed E-state index contributed by atoms with van der Waals surface area (Å²) in [4.78, 5) is 0. The molecule has 0 saturated carbocycles. The fourth-order valence-corrected chi connectivity index (χ4v) is 13.6. The third-order valence-electron chi connectivity index (χ3n) is 11.5. The second kappa shape index (κ2) is 15.2. The van der Waals surface area contributed by atoms with Crippen molar-refractivity contribution < 1.29 is 9.84 Å². The summed E-state index contributed by atoms with van der Waals surface area (Å²) in [6.45, 7) is 0. The van der Waals surface area contributed by atoms with Gasteiger partial charge in [-0.1, -0.05) is 175 Å².